The van der Waals surface area contributed by atoms with E-state index in [1.165, 1.54) is 0 Å². The Morgan fingerprint density at radius 3 is 1.25 bits per heavy atom. The fraction of sp³-hybridized carbons (Fsp3) is 0.600. The summed E-state index contributed by atoms with van der Waals surface area (Å²) >= 11 is 0. The predicted octanol–water partition coefficient (Wildman–Crippen LogP) is -11.3. The van der Waals surface area contributed by atoms with Gasteiger partial charge in [0.05, 0.1) is 0 Å². The van der Waals surface area contributed by atoms with E-state index in [1.54, 1.807) is 0 Å². The van der Waals surface area contributed by atoms with Crippen LogP contribution in [-0.2, 0) is 9.59 Å². The van der Waals surface area contributed by atoms with Crippen molar-refractivity contribution in [2.45, 2.75) is 19.3 Å². The van der Waals surface area contributed by atoms with E-state index in [0.29, 0.717) is 0 Å². The van der Waals surface area contributed by atoms with Crippen LogP contribution in [0.3, 0.4) is 0 Å². The van der Waals surface area contributed by atoms with E-state index < -0.39 is 11.9 Å². The first-order valence-electron chi connectivity index (χ1n) is 2.52. The van der Waals surface area contributed by atoms with Crippen molar-refractivity contribution in [3.8, 4) is 0 Å². The van der Waals surface area contributed by atoms with E-state index in [4.69, 9.17) is 0 Å². The molecule has 52 valence electrons. The first kappa shape index (κ1) is 23.6. The Morgan fingerprint density at radius 2 is 1.08 bits per heavy atom. The van der Waals surface area contributed by atoms with Crippen molar-refractivity contribution in [1.82, 2.24) is 0 Å². The summed E-state index contributed by atoms with van der Waals surface area (Å²) in [6.45, 7) is 0. The smallest absolute Gasteiger partial charge is 0.550 e. The maximum absolute atomic E-state index is 9.66. The second-order valence-corrected chi connectivity index (χ2v) is 1.60. The van der Waals surface area contributed by atoms with Crippen LogP contribution in [-0.4, -0.2) is 11.9 Å². The van der Waals surface area contributed by atoms with Crippen LogP contribution in [0.15, 0.2) is 0 Å². The number of carbonyl (C=O) groups is 2. The minimum Gasteiger partial charge on any atom is -0.550 e. The van der Waals surface area contributed by atoms with Gasteiger partial charge in [0.25, 0.3) is 0 Å². The molecule has 0 saturated heterocycles. The summed E-state index contributed by atoms with van der Waals surface area (Å²) in [5.74, 6) is -2.45. The van der Waals surface area contributed by atoms with Crippen molar-refractivity contribution < 1.29 is 108 Å². The fourth-order valence-corrected chi connectivity index (χ4v) is 0.377. The Bertz CT molecular complexity index is 114. The van der Waals surface area contributed by atoms with Crippen LogP contribution in [0.25, 0.3) is 0 Å². The Balaban J connectivity index is -0.000000107. The van der Waals surface area contributed by atoms with Crippen LogP contribution in [0.4, 0.5) is 0 Å². The molecule has 0 fully saturated rings. The summed E-state index contributed by atoms with van der Waals surface area (Å²) in [7, 11) is 0. The van der Waals surface area contributed by atoms with Crippen LogP contribution >= 0.6 is 0 Å². The maximum Gasteiger partial charge on any atom is 1.00 e. The van der Waals surface area contributed by atoms with Crippen molar-refractivity contribution in [1.29, 1.82) is 0 Å². The SMILES string of the molecule is O=C([O-])CCCC(=O)[O-].[Na+].[Na+].[Na+]. The van der Waals surface area contributed by atoms with Crippen molar-refractivity contribution >= 4 is 11.9 Å². The van der Waals surface area contributed by atoms with Gasteiger partial charge in [-0.2, -0.15) is 0 Å². The number of carbonyl (C=O) groups excluding carboxylic acids is 2. The van der Waals surface area contributed by atoms with Crippen molar-refractivity contribution in [3.05, 3.63) is 0 Å². The number of rotatable bonds is 4. The molecule has 0 N–H and O–H groups in total. The van der Waals surface area contributed by atoms with E-state index >= 15 is 0 Å². The quantitative estimate of drug-likeness (QED) is 0.421. The largest absolute Gasteiger partial charge is 1.00 e. The van der Waals surface area contributed by atoms with Gasteiger partial charge < -0.3 is 19.8 Å². The third-order valence-corrected chi connectivity index (χ3v) is 0.762. The maximum atomic E-state index is 9.66. The van der Waals surface area contributed by atoms with Gasteiger partial charge in [-0.05, 0) is 19.3 Å². The van der Waals surface area contributed by atoms with Crippen molar-refractivity contribution in [2.75, 3.05) is 0 Å². The molecular formula is C5H6Na3O4+. The third kappa shape index (κ3) is 22.7. The number of carboxylic acid groups (broad SMARTS) is 2. The van der Waals surface area contributed by atoms with Gasteiger partial charge >= 0.3 is 88.7 Å². The molecule has 0 atom stereocenters. The summed E-state index contributed by atoms with van der Waals surface area (Å²) in [6, 6.07) is 0. The monoisotopic (exact) mass is 199 g/mol. The van der Waals surface area contributed by atoms with E-state index in [1.807, 2.05) is 0 Å². The van der Waals surface area contributed by atoms with E-state index in [9.17, 15) is 19.8 Å². The fourth-order valence-electron chi connectivity index (χ4n) is 0.377. The molecule has 0 aliphatic rings. The van der Waals surface area contributed by atoms with Gasteiger partial charge in [-0.15, -0.1) is 0 Å². The zero-order chi connectivity index (χ0) is 7.28. The molecule has 0 aliphatic heterocycles. The summed E-state index contributed by atoms with van der Waals surface area (Å²) < 4.78 is 0. The molecular weight excluding hydrogens is 193 g/mol. The first-order valence-corrected chi connectivity index (χ1v) is 2.52. The van der Waals surface area contributed by atoms with Gasteiger partial charge in [0, 0.05) is 11.9 Å². The Morgan fingerprint density at radius 1 is 0.833 bits per heavy atom. The zero-order valence-corrected chi connectivity index (χ0v) is 13.8. The van der Waals surface area contributed by atoms with Crippen molar-refractivity contribution in [2.24, 2.45) is 0 Å². The van der Waals surface area contributed by atoms with E-state index in [0.717, 1.165) is 0 Å². The van der Waals surface area contributed by atoms with Crippen LogP contribution in [0, 0.1) is 0 Å². The number of aliphatic carboxylic acids is 2. The van der Waals surface area contributed by atoms with Gasteiger partial charge in [-0.3, -0.25) is 0 Å². The van der Waals surface area contributed by atoms with Gasteiger partial charge in [0.2, 0.25) is 0 Å². The number of hydrogen-bond donors (Lipinski definition) is 0. The summed E-state index contributed by atoms with van der Waals surface area (Å²) in [6.07, 6.45) is -0.341. The predicted molar refractivity (Wildman–Crippen MR) is 23.9 cm³/mol. The normalized spacial score (nSPS) is 6.67. The van der Waals surface area contributed by atoms with Gasteiger partial charge in [-0.1, -0.05) is 0 Å². The zero-order valence-electron chi connectivity index (χ0n) is 7.75. The second kappa shape index (κ2) is 15.4. The number of carboxylic acids is 2. The van der Waals surface area contributed by atoms with Gasteiger partial charge in [-0.25, -0.2) is 0 Å². The third-order valence-electron chi connectivity index (χ3n) is 0.762. The average Bonchev–Trinajstić information content (AvgIpc) is 1.63. The molecule has 0 spiro atoms. The van der Waals surface area contributed by atoms with Crippen LogP contribution in [0.5, 0.6) is 0 Å². The molecule has 0 aliphatic carbocycles. The standard InChI is InChI=1S/C5H8O4.3Na/c6-4(7)2-1-3-5(8)9;;;/h1-3H2,(H,6,7)(H,8,9);;;/q;3*+1/p-2. The number of hydrogen-bond acceptors (Lipinski definition) is 4. The first-order chi connectivity index (χ1) is 4.13. The molecule has 0 heterocycles. The summed E-state index contributed by atoms with van der Waals surface area (Å²) in [5.41, 5.74) is 0. The van der Waals surface area contributed by atoms with Crippen molar-refractivity contribution in [3.63, 3.8) is 0 Å². The molecule has 0 radical (unpaired) electrons. The van der Waals surface area contributed by atoms with E-state index in [2.05, 4.69) is 0 Å². The van der Waals surface area contributed by atoms with Gasteiger partial charge in [0.15, 0.2) is 0 Å². The Labute approximate surface area is 137 Å². The average molecular weight is 199 g/mol. The Hall–Kier alpha value is 1.94. The molecule has 0 amide bonds. The topological polar surface area (TPSA) is 80.3 Å². The molecule has 0 aromatic rings. The summed E-state index contributed by atoms with van der Waals surface area (Å²) in [5, 5.41) is 19.3. The minimum atomic E-state index is -1.23. The molecule has 0 rings (SSSR count). The molecule has 12 heavy (non-hydrogen) atoms. The molecule has 0 aromatic heterocycles. The Kier molecular flexibility index (Phi) is 30.3. The molecule has 4 nitrogen and oxygen atoms in total. The molecule has 0 unspecified atom stereocenters. The van der Waals surface area contributed by atoms with Crippen LogP contribution in [0.2, 0.25) is 0 Å². The molecule has 7 heteroatoms. The van der Waals surface area contributed by atoms with Gasteiger partial charge in [0.1, 0.15) is 0 Å². The van der Waals surface area contributed by atoms with Crippen LogP contribution in [0.1, 0.15) is 19.3 Å². The summed E-state index contributed by atoms with van der Waals surface area (Å²) in [4.78, 5) is 19.3. The minimum absolute atomic E-state index is 0. The molecule has 0 saturated carbocycles. The molecule has 0 bridgehead atoms. The van der Waals surface area contributed by atoms with Crippen LogP contribution < -0.4 is 98.9 Å². The second-order valence-electron chi connectivity index (χ2n) is 1.60. The molecule has 0 aromatic carbocycles. The van der Waals surface area contributed by atoms with E-state index in [-0.39, 0.29) is 108 Å².